The molecule has 0 aliphatic heterocycles. The van der Waals surface area contributed by atoms with Crippen molar-refractivity contribution in [1.29, 1.82) is 0 Å². The van der Waals surface area contributed by atoms with Crippen LogP contribution in [0, 0.1) is 0 Å². The Morgan fingerprint density at radius 2 is 2.00 bits per heavy atom. The summed E-state index contributed by atoms with van der Waals surface area (Å²) in [4.78, 5) is 10.7. The van der Waals surface area contributed by atoms with Gasteiger partial charge in [-0.05, 0) is 24.3 Å². The van der Waals surface area contributed by atoms with E-state index in [1.807, 2.05) is 0 Å². The first-order valence-electron chi connectivity index (χ1n) is 3.38. The Labute approximate surface area is 105 Å². The van der Waals surface area contributed by atoms with Crippen molar-refractivity contribution in [2.75, 3.05) is 6.54 Å². The van der Waals surface area contributed by atoms with Crippen molar-refractivity contribution in [3.05, 3.63) is 29.3 Å². The van der Waals surface area contributed by atoms with Crippen molar-refractivity contribution in [3.8, 4) is 5.75 Å². The summed E-state index contributed by atoms with van der Waals surface area (Å²) in [6.45, 7) is -0.122. The van der Waals surface area contributed by atoms with Crippen molar-refractivity contribution in [2.45, 2.75) is 0 Å². The number of hydrogen-bond donors (Lipinski definition) is 1. The number of esters is 1. The summed E-state index contributed by atoms with van der Waals surface area (Å²) in [7, 11) is 0. The number of carbonyl (C=O) groups excluding carboxylic acids is 1. The number of benzene rings is 1. The van der Waals surface area contributed by atoms with Crippen LogP contribution in [-0.2, 0) is 4.79 Å². The predicted octanol–water partition coefficient (Wildman–Crippen LogP) is -1.68. The van der Waals surface area contributed by atoms with Gasteiger partial charge in [0.05, 0.1) is 6.54 Å². The number of hydrogen-bond acceptors (Lipinski definition) is 3. The average Bonchev–Trinajstić information content (AvgIpc) is 2.09. The molecule has 1 aromatic rings. The second-order valence-corrected chi connectivity index (χ2v) is 2.57. The Kier molecular flexibility index (Phi) is 6.37. The summed E-state index contributed by atoms with van der Waals surface area (Å²) in [6, 6.07) is 6.49. The van der Waals surface area contributed by atoms with Gasteiger partial charge in [-0.25, -0.2) is 0 Å². The number of nitrogens with two attached hydrogens (primary N) is 1. The molecule has 66 valence electrons. The van der Waals surface area contributed by atoms with E-state index in [2.05, 4.69) is 0 Å². The van der Waals surface area contributed by atoms with E-state index in [0.717, 1.165) is 0 Å². The van der Waals surface area contributed by atoms with Gasteiger partial charge in [0.1, 0.15) is 5.75 Å². The first-order valence-corrected chi connectivity index (χ1v) is 3.76. The molecule has 0 spiro atoms. The fourth-order valence-electron chi connectivity index (χ4n) is 0.676. The van der Waals surface area contributed by atoms with Crippen LogP contribution in [0.2, 0.25) is 5.02 Å². The third-order valence-electron chi connectivity index (χ3n) is 1.21. The van der Waals surface area contributed by atoms with Gasteiger partial charge in [0.25, 0.3) is 0 Å². The number of rotatable bonds is 2. The zero-order valence-electron chi connectivity index (χ0n) is 8.29. The topological polar surface area (TPSA) is 52.3 Å². The summed E-state index contributed by atoms with van der Waals surface area (Å²) in [5, 5.41) is 0.600. The maximum Gasteiger partial charge on any atom is 1.00 e. The van der Waals surface area contributed by atoms with E-state index >= 15 is 0 Å². The van der Waals surface area contributed by atoms with Crippen LogP contribution >= 0.6 is 11.6 Å². The van der Waals surface area contributed by atoms with Crippen LogP contribution in [-0.4, -0.2) is 12.5 Å². The summed E-state index contributed by atoms with van der Waals surface area (Å²) in [6.07, 6.45) is 0. The van der Waals surface area contributed by atoms with Gasteiger partial charge in [-0.15, -0.1) is 0 Å². The maximum absolute atomic E-state index is 10.7. The Morgan fingerprint density at radius 3 is 2.46 bits per heavy atom. The zero-order chi connectivity index (χ0) is 8.97. The molecule has 5 heteroatoms. The van der Waals surface area contributed by atoms with Crippen molar-refractivity contribution < 1.29 is 40.5 Å². The number of carbonyl (C=O) groups is 1. The normalized spacial score (nSPS) is 8.77. The van der Waals surface area contributed by atoms with Gasteiger partial charge in [0.15, 0.2) is 0 Å². The molecule has 0 aliphatic carbocycles. The SMILES string of the molecule is NCC(=O)Oc1ccc(Cl)cc1.[H-].[Na+]. The molecule has 3 nitrogen and oxygen atoms in total. The van der Waals surface area contributed by atoms with Gasteiger partial charge < -0.3 is 11.9 Å². The van der Waals surface area contributed by atoms with Crippen molar-refractivity contribution >= 4 is 17.6 Å². The first kappa shape index (κ1) is 12.9. The molecule has 0 fully saturated rings. The van der Waals surface area contributed by atoms with Crippen LogP contribution in [0.1, 0.15) is 1.43 Å². The second kappa shape index (κ2) is 6.40. The van der Waals surface area contributed by atoms with Gasteiger partial charge in [-0.2, -0.15) is 0 Å². The molecule has 1 rings (SSSR count). The standard InChI is InChI=1S/C8H8ClNO2.Na.H/c9-6-1-3-7(4-2-6)12-8(11)5-10;;/h1-4H,5,10H2;;/q;+1;-1. The van der Waals surface area contributed by atoms with Crippen LogP contribution in [0.4, 0.5) is 0 Å². The van der Waals surface area contributed by atoms with E-state index in [1.165, 1.54) is 0 Å². The largest absolute Gasteiger partial charge is 1.00 e. The maximum atomic E-state index is 10.7. The molecule has 0 radical (unpaired) electrons. The van der Waals surface area contributed by atoms with E-state index in [4.69, 9.17) is 22.1 Å². The summed E-state index contributed by atoms with van der Waals surface area (Å²) < 4.78 is 4.80. The van der Waals surface area contributed by atoms with Crippen LogP contribution in [0.25, 0.3) is 0 Å². The summed E-state index contributed by atoms with van der Waals surface area (Å²) >= 11 is 5.62. The van der Waals surface area contributed by atoms with Gasteiger partial charge in [0.2, 0.25) is 0 Å². The van der Waals surface area contributed by atoms with E-state index in [-0.39, 0.29) is 37.5 Å². The van der Waals surface area contributed by atoms with E-state index < -0.39 is 5.97 Å². The molecule has 0 saturated carbocycles. The minimum Gasteiger partial charge on any atom is -1.00 e. The first-order chi connectivity index (χ1) is 5.72. The molecular formula is C8H9ClNNaO2. The Morgan fingerprint density at radius 1 is 1.46 bits per heavy atom. The average molecular weight is 210 g/mol. The van der Waals surface area contributed by atoms with Gasteiger partial charge in [-0.1, -0.05) is 11.6 Å². The van der Waals surface area contributed by atoms with Crippen LogP contribution in [0.15, 0.2) is 24.3 Å². The number of halogens is 1. The van der Waals surface area contributed by atoms with Gasteiger partial charge >= 0.3 is 35.5 Å². The molecule has 1 aromatic carbocycles. The molecule has 0 atom stereocenters. The third-order valence-corrected chi connectivity index (χ3v) is 1.46. The molecule has 0 bridgehead atoms. The Balaban J connectivity index is 0. The molecule has 0 amide bonds. The molecule has 0 heterocycles. The molecular weight excluding hydrogens is 201 g/mol. The van der Waals surface area contributed by atoms with E-state index in [9.17, 15) is 4.79 Å². The van der Waals surface area contributed by atoms with Gasteiger partial charge in [0, 0.05) is 5.02 Å². The van der Waals surface area contributed by atoms with E-state index in [1.54, 1.807) is 24.3 Å². The Bertz CT molecular complexity index is 281. The summed E-state index contributed by atoms with van der Waals surface area (Å²) in [5.74, 6) is -0.00725. The predicted molar refractivity (Wildman–Crippen MR) is 47.3 cm³/mol. The van der Waals surface area contributed by atoms with Crippen molar-refractivity contribution in [1.82, 2.24) is 0 Å². The molecule has 0 saturated heterocycles. The van der Waals surface area contributed by atoms with Crippen molar-refractivity contribution in [2.24, 2.45) is 5.73 Å². The molecule has 0 aromatic heterocycles. The smallest absolute Gasteiger partial charge is 1.00 e. The third kappa shape index (κ3) is 4.64. The minimum atomic E-state index is -0.461. The zero-order valence-corrected chi connectivity index (χ0v) is 10.0. The second-order valence-electron chi connectivity index (χ2n) is 2.13. The molecule has 13 heavy (non-hydrogen) atoms. The van der Waals surface area contributed by atoms with Gasteiger partial charge in [-0.3, -0.25) is 4.79 Å². The fourth-order valence-corrected chi connectivity index (χ4v) is 0.802. The fraction of sp³-hybridized carbons (Fsp3) is 0.125. The van der Waals surface area contributed by atoms with Crippen LogP contribution in [0.5, 0.6) is 5.75 Å². The number of ether oxygens (including phenoxy) is 1. The monoisotopic (exact) mass is 209 g/mol. The Hall–Kier alpha value is -0.0600. The van der Waals surface area contributed by atoms with E-state index in [0.29, 0.717) is 10.8 Å². The summed E-state index contributed by atoms with van der Waals surface area (Å²) in [5.41, 5.74) is 5.05. The molecule has 0 aliphatic rings. The van der Waals surface area contributed by atoms with Crippen LogP contribution < -0.4 is 40.0 Å². The molecule has 2 N–H and O–H groups in total. The minimum absolute atomic E-state index is 0. The van der Waals surface area contributed by atoms with Crippen LogP contribution in [0.3, 0.4) is 0 Å². The van der Waals surface area contributed by atoms with Crippen molar-refractivity contribution in [3.63, 3.8) is 0 Å². The molecule has 0 unspecified atom stereocenters. The quantitative estimate of drug-likeness (QED) is 0.360.